The topological polar surface area (TPSA) is 32.8 Å². The van der Waals surface area contributed by atoms with Crippen molar-refractivity contribution in [1.29, 1.82) is 0 Å². The summed E-state index contributed by atoms with van der Waals surface area (Å²) in [6.45, 7) is 4.74. The van der Waals surface area contributed by atoms with E-state index in [1.54, 1.807) is 20.8 Å². The molecule has 0 bridgehead atoms. The third-order valence-corrected chi connectivity index (χ3v) is 4.09. The summed E-state index contributed by atoms with van der Waals surface area (Å²) in [6.07, 6.45) is -18.7. The normalized spacial score (nSPS) is 26.3. The fourth-order valence-electron chi connectivity index (χ4n) is 2.84. The lowest BCUT2D eigenvalue weighted by Gasteiger charge is -2.67. The molecule has 0 aromatic heterocycles. The standard InChI is InChI=1S/C12H12B6F6N2O2/c1-8(2,3)25-5(13)9(15,16)26(10(17,18)6(25)14)7(27)28-4(11(19,20)21)12(22,23)24/h4-6H,1-3H3. The highest BCUT2D eigenvalue weighted by molar-refractivity contribution is 6.50. The van der Waals surface area contributed by atoms with Crippen LogP contribution in [0.2, 0.25) is 0 Å². The minimum absolute atomic E-state index is 0.123. The van der Waals surface area contributed by atoms with Gasteiger partial charge in [-0.3, -0.25) is 0 Å². The Hall–Kier alpha value is -0.800. The summed E-state index contributed by atoms with van der Waals surface area (Å²) < 4.78 is 79.8. The van der Waals surface area contributed by atoms with Crippen LogP contribution in [0.3, 0.4) is 0 Å². The highest BCUT2D eigenvalue weighted by Crippen LogP contribution is 2.40. The van der Waals surface area contributed by atoms with Gasteiger partial charge in [-0.2, -0.15) is 26.3 Å². The van der Waals surface area contributed by atoms with Gasteiger partial charge in [0.25, 0.3) is 6.10 Å². The Bertz CT molecular complexity index is 573. The van der Waals surface area contributed by atoms with Crippen LogP contribution in [-0.2, 0) is 4.74 Å². The first-order valence-corrected chi connectivity index (χ1v) is 7.66. The van der Waals surface area contributed by atoms with Gasteiger partial charge in [0, 0.05) is 5.54 Å². The smallest absolute Gasteiger partial charge is 0.427 e. The highest BCUT2D eigenvalue weighted by Gasteiger charge is 2.62. The van der Waals surface area contributed by atoms with Gasteiger partial charge in [-0.05, 0) is 43.3 Å². The molecule has 1 aliphatic rings. The van der Waals surface area contributed by atoms with Crippen molar-refractivity contribution in [2.24, 2.45) is 0 Å². The van der Waals surface area contributed by atoms with Crippen LogP contribution in [0.4, 0.5) is 31.1 Å². The second kappa shape index (κ2) is 7.16. The van der Waals surface area contributed by atoms with Crippen LogP contribution < -0.4 is 0 Å². The van der Waals surface area contributed by atoms with Crippen molar-refractivity contribution in [3.63, 3.8) is 0 Å². The number of alkyl halides is 6. The van der Waals surface area contributed by atoms with E-state index in [0.29, 0.717) is 0 Å². The Labute approximate surface area is 166 Å². The van der Waals surface area contributed by atoms with E-state index in [1.165, 1.54) is 4.90 Å². The fraction of sp³-hybridized carbons (Fsp3) is 0.917. The maximum atomic E-state index is 12.7. The zero-order chi connectivity index (χ0) is 22.7. The molecule has 0 aromatic carbocycles. The predicted octanol–water partition coefficient (Wildman–Crippen LogP) is 0.00310. The van der Waals surface area contributed by atoms with E-state index in [9.17, 15) is 31.1 Å². The molecule has 0 spiro atoms. The number of amides is 1. The summed E-state index contributed by atoms with van der Waals surface area (Å²) in [5.41, 5.74) is -0.913. The molecule has 142 valence electrons. The van der Waals surface area contributed by atoms with E-state index < -0.39 is 52.6 Å². The highest BCUT2D eigenvalue weighted by atomic mass is 19.4. The maximum Gasteiger partial charge on any atom is 0.434 e. The third-order valence-electron chi connectivity index (χ3n) is 4.09. The van der Waals surface area contributed by atoms with Gasteiger partial charge < -0.3 is 14.5 Å². The van der Waals surface area contributed by atoms with Crippen molar-refractivity contribution in [3.05, 3.63) is 0 Å². The second-order valence-electron chi connectivity index (χ2n) is 7.42. The van der Waals surface area contributed by atoms with Gasteiger partial charge in [-0.25, -0.2) is 4.79 Å². The van der Waals surface area contributed by atoms with E-state index in [0.717, 1.165) is 0 Å². The second-order valence-corrected chi connectivity index (χ2v) is 7.42. The maximum absolute atomic E-state index is 12.7. The van der Waals surface area contributed by atoms with Gasteiger partial charge in [0.15, 0.2) is 0 Å². The van der Waals surface area contributed by atoms with E-state index >= 15 is 0 Å². The molecule has 1 heterocycles. The Balaban J connectivity index is 3.41. The lowest BCUT2D eigenvalue weighted by molar-refractivity contribution is -0.309. The minimum atomic E-state index is -5.98. The van der Waals surface area contributed by atoms with Crippen molar-refractivity contribution in [2.45, 2.75) is 67.3 Å². The van der Waals surface area contributed by atoms with E-state index in [4.69, 9.17) is 47.1 Å². The summed E-state index contributed by atoms with van der Waals surface area (Å²) in [5.74, 6) is -3.18. The molecular formula is C12H12B6F6N2O2. The monoisotopic (exact) mass is 396 g/mol. The zero-order valence-corrected chi connectivity index (χ0v) is 15.2. The van der Waals surface area contributed by atoms with Gasteiger partial charge >= 0.3 is 18.4 Å². The zero-order valence-electron chi connectivity index (χ0n) is 15.2. The number of halogens is 6. The molecule has 1 fully saturated rings. The molecule has 2 atom stereocenters. The van der Waals surface area contributed by atoms with Gasteiger partial charge in [0.2, 0.25) is 0 Å². The van der Waals surface area contributed by atoms with Gasteiger partial charge in [-0.1, -0.05) is 0 Å². The van der Waals surface area contributed by atoms with Gasteiger partial charge in [0.05, 0.1) is 47.1 Å². The molecular weight excluding hydrogens is 383 g/mol. The molecule has 0 N–H and O–H groups in total. The first kappa shape index (κ1) is 25.2. The Morgan fingerprint density at radius 3 is 1.46 bits per heavy atom. The summed E-state index contributed by atoms with van der Waals surface area (Å²) in [7, 11) is 34.7. The van der Waals surface area contributed by atoms with Crippen molar-refractivity contribution < 1.29 is 35.9 Å². The minimum Gasteiger partial charge on any atom is -0.427 e. The predicted molar refractivity (Wildman–Crippen MR) is 93.4 cm³/mol. The lowest BCUT2D eigenvalue weighted by Crippen LogP contribution is -2.85. The molecule has 0 aliphatic carbocycles. The molecule has 4 nitrogen and oxygen atoms in total. The Kier molecular flexibility index (Phi) is 6.45. The van der Waals surface area contributed by atoms with Crippen LogP contribution in [0, 0.1) is 0 Å². The number of nitrogens with zero attached hydrogens (tertiary/aromatic N) is 2. The van der Waals surface area contributed by atoms with Gasteiger partial charge in [0.1, 0.15) is 0 Å². The molecule has 0 saturated carbocycles. The number of carbonyl (C=O) groups is 1. The third kappa shape index (κ3) is 4.51. The number of hydrogen-bond acceptors (Lipinski definition) is 3. The van der Waals surface area contributed by atoms with Crippen molar-refractivity contribution in [1.82, 2.24) is 9.80 Å². The quantitative estimate of drug-likeness (QED) is 0.463. The molecule has 1 amide bonds. The van der Waals surface area contributed by atoms with Crippen LogP contribution >= 0.6 is 0 Å². The summed E-state index contributed by atoms with van der Waals surface area (Å²) >= 11 is 0. The van der Waals surface area contributed by atoms with Crippen LogP contribution in [0.1, 0.15) is 20.8 Å². The first-order valence-electron chi connectivity index (χ1n) is 7.66. The van der Waals surface area contributed by atoms with Gasteiger partial charge in [-0.15, -0.1) is 0 Å². The summed E-state index contributed by atoms with van der Waals surface area (Å²) in [4.78, 5) is 13.3. The van der Waals surface area contributed by atoms with Crippen LogP contribution in [0.25, 0.3) is 0 Å². The average Bonchev–Trinajstić information content (AvgIpc) is 2.38. The number of rotatable bonds is 1. The van der Waals surface area contributed by atoms with Crippen LogP contribution in [0.15, 0.2) is 0 Å². The molecule has 16 heteroatoms. The van der Waals surface area contributed by atoms with Crippen molar-refractivity contribution in [3.8, 4) is 0 Å². The lowest BCUT2D eigenvalue weighted by atomic mass is 9.40. The summed E-state index contributed by atoms with van der Waals surface area (Å²) in [5, 5.41) is -5.29. The largest absolute Gasteiger partial charge is 0.434 e. The average molecular weight is 395 g/mol. The van der Waals surface area contributed by atoms with Crippen molar-refractivity contribution in [2.75, 3.05) is 0 Å². The Morgan fingerprint density at radius 2 is 1.21 bits per heavy atom. The SMILES string of the molecule is [B]C1N(C(C)(C)C)C([B])C([B])([B])N(C(=O)OC(C(F)(F)F)C(F)(F)F)C1([B])[B]. The first-order chi connectivity index (χ1) is 12.1. The molecule has 1 rings (SSSR count). The molecule has 1 saturated heterocycles. The molecule has 0 aromatic rings. The number of piperazine rings is 1. The fourth-order valence-corrected chi connectivity index (χ4v) is 2.84. The van der Waals surface area contributed by atoms with E-state index in [1.807, 2.05) is 0 Å². The van der Waals surface area contributed by atoms with Crippen molar-refractivity contribution >= 4 is 53.2 Å². The van der Waals surface area contributed by atoms with Crippen LogP contribution in [-0.4, -0.2) is 110 Å². The molecule has 28 heavy (non-hydrogen) atoms. The Morgan fingerprint density at radius 1 is 0.893 bits per heavy atom. The number of carbonyl (C=O) groups excluding carboxylic acids is 1. The van der Waals surface area contributed by atoms with E-state index in [2.05, 4.69) is 4.74 Å². The van der Waals surface area contributed by atoms with E-state index in [-0.39, 0.29) is 4.90 Å². The molecule has 12 radical (unpaired) electrons. The number of hydrogen-bond donors (Lipinski definition) is 0. The summed E-state index contributed by atoms with van der Waals surface area (Å²) in [6, 6.07) is 0. The van der Waals surface area contributed by atoms with Crippen LogP contribution in [0.5, 0.6) is 0 Å². The number of ether oxygens (including phenoxy) is 1. The molecule has 2 unspecified atom stereocenters. The molecule has 1 aliphatic heterocycles.